The number of esters is 1. The summed E-state index contributed by atoms with van der Waals surface area (Å²) >= 11 is 0. The van der Waals surface area contributed by atoms with Gasteiger partial charge in [-0.15, -0.1) is 0 Å². The number of rotatable bonds is 8. The maximum Gasteiger partial charge on any atom is 0.307 e. The number of ether oxygens (including phenoxy) is 1. The molecule has 152 valence electrons. The maximum atomic E-state index is 12.8. The first-order chi connectivity index (χ1) is 13.4. The van der Waals surface area contributed by atoms with Gasteiger partial charge in [0.05, 0.1) is 11.3 Å². The Morgan fingerprint density at radius 2 is 1.57 bits per heavy atom. The molecule has 0 spiro atoms. The average Bonchev–Trinajstić information content (AvgIpc) is 2.65. The molecule has 1 aromatic rings. The number of hydrogen-bond donors (Lipinski definition) is 1. The summed E-state index contributed by atoms with van der Waals surface area (Å²) in [5, 5.41) is 0. The highest BCUT2D eigenvalue weighted by molar-refractivity contribution is 7.89. The fourth-order valence-corrected chi connectivity index (χ4v) is 6.85. The molecule has 4 bridgehead atoms. The molecule has 0 amide bonds. The number of benzene rings is 1. The summed E-state index contributed by atoms with van der Waals surface area (Å²) in [7, 11) is -3.64. The molecular formula is C21H27NO5S. The van der Waals surface area contributed by atoms with E-state index in [4.69, 9.17) is 4.74 Å². The Balaban J connectivity index is 1.23. The van der Waals surface area contributed by atoms with E-state index in [0.717, 1.165) is 19.3 Å². The zero-order valence-electron chi connectivity index (χ0n) is 15.9. The minimum atomic E-state index is -3.64. The lowest BCUT2D eigenvalue weighted by molar-refractivity contribution is -0.157. The van der Waals surface area contributed by atoms with Crippen LogP contribution >= 0.6 is 0 Å². The summed E-state index contributed by atoms with van der Waals surface area (Å²) in [6, 6.07) is 7.99. The summed E-state index contributed by atoms with van der Waals surface area (Å²) in [5.74, 6) is 1.51. The molecule has 1 N–H and O–H groups in total. The Hall–Kier alpha value is -1.73. The molecule has 0 heterocycles. The Morgan fingerprint density at radius 1 is 1.00 bits per heavy atom. The van der Waals surface area contributed by atoms with Gasteiger partial charge in [-0.05, 0) is 68.4 Å². The molecule has 4 saturated carbocycles. The zero-order chi connectivity index (χ0) is 19.8. The van der Waals surface area contributed by atoms with Crippen LogP contribution in [0.5, 0.6) is 0 Å². The third kappa shape index (κ3) is 4.01. The number of nitrogens with one attached hydrogen (secondary N) is 1. The van der Waals surface area contributed by atoms with Crippen molar-refractivity contribution in [1.82, 2.24) is 4.72 Å². The molecule has 4 fully saturated rings. The normalized spacial score (nSPS) is 30.9. The average molecular weight is 406 g/mol. The van der Waals surface area contributed by atoms with Gasteiger partial charge in [-0.2, -0.15) is 0 Å². The Bertz CT molecular complexity index is 814. The summed E-state index contributed by atoms with van der Waals surface area (Å²) in [6.07, 6.45) is 6.53. The van der Waals surface area contributed by atoms with Gasteiger partial charge in [0, 0.05) is 12.0 Å². The molecule has 0 radical (unpaired) electrons. The number of ketones is 1. The fraction of sp³-hybridized carbons (Fsp3) is 0.619. The van der Waals surface area contributed by atoms with E-state index in [2.05, 4.69) is 4.72 Å². The lowest BCUT2D eigenvalue weighted by atomic mass is 9.48. The third-order valence-electron chi connectivity index (χ3n) is 6.67. The second-order valence-corrected chi connectivity index (χ2v) is 10.5. The van der Waals surface area contributed by atoms with Gasteiger partial charge in [0.25, 0.3) is 0 Å². The first-order valence-corrected chi connectivity index (χ1v) is 11.6. The third-order valence-corrected chi connectivity index (χ3v) is 8.15. The Kier molecular flexibility index (Phi) is 5.31. The molecular weight excluding hydrogens is 378 g/mol. The molecule has 0 aliphatic heterocycles. The molecule has 5 rings (SSSR count). The van der Waals surface area contributed by atoms with Crippen LogP contribution in [0.15, 0.2) is 35.2 Å². The lowest BCUT2D eigenvalue weighted by Crippen LogP contribution is -2.51. The number of sulfonamides is 1. The molecule has 28 heavy (non-hydrogen) atoms. The number of Topliss-reactive ketones (excluding diaryl/α,β-unsaturated/α-hetero) is 1. The van der Waals surface area contributed by atoms with Crippen molar-refractivity contribution in [1.29, 1.82) is 0 Å². The number of hydrogen-bond acceptors (Lipinski definition) is 5. The van der Waals surface area contributed by atoms with Gasteiger partial charge in [0.1, 0.15) is 0 Å². The van der Waals surface area contributed by atoms with E-state index >= 15 is 0 Å². The minimum Gasteiger partial charge on any atom is -0.458 e. The molecule has 4 aliphatic carbocycles. The van der Waals surface area contributed by atoms with Crippen LogP contribution in [0.25, 0.3) is 0 Å². The summed E-state index contributed by atoms with van der Waals surface area (Å²) in [5.41, 5.74) is -0.274. The van der Waals surface area contributed by atoms with Gasteiger partial charge in [-0.1, -0.05) is 18.2 Å². The second kappa shape index (κ2) is 7.59. The van der Waals surface area contributed by atoms with Crippen LogP contribution in [0.3, 0.4) is 0 Å². The van der Waals surface area contributed by atoms with Gasteiger partial charge in [0.2, 0.25) is 10.0 Å². The van der Waals surface area contributed by atoms with Gasteiger partial charge in [-0.25, -0.2) is 13.1 Å². The van der Waals surface area contributed by atoms with E-state index in [1.54, 1.807) is 18.2 Å². The molecule has 0 saturated heterocycles. The second-order valence-electron chi connectivity index (χ2n) is 8.74. The predicted molar refractivity (Wildman–Crippen MR) is 103 cm³/mol. The van der Waals surface area contributed by atoms with Crippen molar-refractivity contribution < 1.29 is 22.7 Å². The summed E-state index contributed by atoms with van der Waals surface area (Å²) < 4.78 is 31.8. The van der Waals surface area contributed by atoms with E-state index in [0.29, 0.717) is 17.8 Å². The van der Waals surface area contributed by atoms with Crippen LogP contribution in [0.1, 0.15) is 44.9 Å². The Labute approximate surface area is 166 Å². The zero-order valence-corrected chi connectivity index (χ0v) is 16.7. The fourth-order valence-electron chi connectivity index (χ4n) is 5.79. The highest BCUT2D eigenvalue weighted by atomic mass is 32.2. The molecule has 6 nitrogen and oxygen atoms in total. The molecule has 0 unspecified atom stereocenters. The lowest BCUT2D eigenvalue weighted by Gasteiger charge is -2.55. The van der Waals surface area contributed by atoms with Crippen molar-refractivity contribution in [3.05, 3.63) is 30.3 Å². The van der Waals surface area contributed by atoms with E-state index in [1.807, 2.05) is 0 Å². The van der Waals surface area contributed by atoms with E-state index in [1.165, 1.54) is 31.4 Å². The first kappa shape index (κ1) is 19.6. The van der Waals surface area contributed by atoms with Crippen molar-refractivity contribution in [3.63, 3.8) is 0 Å². The molecule has 4 aliphatic rings. The van der Waals surface area contributed by atoms with Crippen LogP contribution < -0.4 is 4.72 Å². The van der Waals surface area contributed by atoms with Gasteiger partial charge < -0.3 is 4.74 Å². The van der Waals surface area contributed by atoms with Gasteiger partial charge in [-0.3, -0.25) is 9.59 Å². The Morgan fingerprint density at radius 3 is 2.14 bits per heavy atom. The summed E-state index contributed by atoms with van der Waals surface area (Å²) in [4.78, 5) is 25.0. The molecule has 0 atom stereocenters. The monoisotopic (exact) mass is 405 g/mol. The minimum absolute atomic E-state index is 0.0540. The summed E-state index contributed by atoms with van der Waals surface area (Å²) in [6.45, 7) is -0.238. The molecule has 1 aromatic carbocycles. The van der Waals surface area contributed by atoms with E-state index in [-0.39, 0.29) is 35.7 Å². The van der Waals surface area contributed by atoms with Crippen molar-refractivity contribution in [3.8, 4) is 0 Å². The maximum absolute atomic E-state index is 12.8. The predicted octanol–water partition coefficient (Wildman–Crippen LogP) is 2.68. The van der Waals surface area contributed by atoms with Crippen LogP contribution in [-0.2, 0) is 24.3 Å². The highest BCUT2D eigenvalue weighted by Crippen LogP contribution is 2.60. The van der Waals surface area contributed by atoms with Crippen molar-refractivity contribution >= 4 is 21.8 Å². The van der Waals surface area contributed by atoms with E-state index < -0.39 is 16.0 Å². The van der Waals surface area contributed by atoms with E-state index in [9.17, 15) is 18.0 Å². The number of carbonyl (C=O) groups excluding carboxylic acids is 2. The molecule has 0 aromatic heterocycles. The van der Waals surface area contributed by atoms with Crippen LogP contribution in [0.4, 0.5) is 0 Å². The number of carbonyl (C=O) groups is 2. The van der Waals surface area contributed by atoms with Crippen LogP contribution in [0, 0.1) is 23.2 Å². The van der Waals surface area contributed by atoms with Crippen molar-refractivity contribution in [2.45, 2.75) is 49.8 Å². The topological polar surface area (TPSA) is 89.5 Å². The van der Waals surface area contributed by atoms with Crippen LogP contribution in [-0.4, -0.2) is 33.3 Å². The highest BCUT2D eigenvalue weighted by Gasteiger charge is 2.54. The first-order valence-electron chi connectivity index (χ1n) is 10.1. The van der Waals surface area contributed by atoms with Crippen molar-refractivity contribution in [2.24, 2.45) is 23.2 Å². The van der Waals surface area contributed by atoms with Crippen molar-refractivity contribution in [2.75, 3.05) is 13.2 Å². The molecule has 7 heteroatoms. The van der Waals surface area contributed by atoms with Crippen LogP contribution in [0.2, 0.25) is 0 Å². The van der Waals surface area contributed by atoms with Gasteiger partial charge >= 0.3 is 5.97 Å². The van der Waals surface area contributed by atoms with Gasteiger partial charge in [0.15, 0.2) is 12.4 Å². The largest absolute Gasteiger partial charge is 0.458 e. The smallest absolute Gasteiger partial charge is 0.307 e. The quantitative estimate of drug-likeness (QED) is 0.672. The standard InChI is InChI=1S/C21H27NO5S/c23-19(21-11-15-8-16(12-21)10-17(9-15)13-21)14-27-20(24)6-7-22-28(25,26)18-4-2-1-3-5-18/h1-5,15-17,22H,6-14H2. The SMILES string of the molecule is O=C(CCNS(=O)(=O)c1ccccc1)OCC(=O)C12CC3CC(CC(C3)C1)C2.